The molecule has 3 rings (SSSR count). The Hall–Kier alpha value is -1.94. The van der Waals surface area contributed by atoms with Gasteiger partial charge in [-0.1, -0.05) is 28.1 Å². The zero-order valence-electron chi connectivity index (χ0n) is 10.4. The summed E-state index contributed by atoms with van der Waals surface area (Å²) in [5.41, 5.74) is 1.43. The Morgan fingerprint density at radius 2 is 1.85 bits per heavy atom. The molecule has 2 nitrogen and oxygen atoms in total. The van der Waals surface area contributed by atoms with E-state index in [0.29, 0.717) is 11.0 Å². The molecule has 0 atom stereocenters. The molecule has 0 bridgehead atoms. The van der Waals surface area contributed by atoms with Gasteiger partial charge in [-0.3, -0.25) is 4.79 Å². The lowest BCUT2D eigenvalue weighted by molar-refractivity contribution is 0.0968. The third-order valence-corrected chi connectivity index (χ3v) is 3.56. The molecule has 1 heterocycles. The van der Waals surface area contributed by atoms with Gasteiger partial charge in [0.25, 0.3) is 0 Å². The van der Waals surface area contributed by atoms with Crippen molar-refractivity contribution in [2.45, 2.75) is 6.42 Å². The number of furan rings is 1. The highest BCUT2D eigenvalue weighted by Gasteiger charge is 2.13. The minimum absolute atomic E-state index is 0.121. The summed E-state index contributed by atoms with van der Waals surface area (Å²) in [6.45, 7) is 0. The Kier molecular flexibility index (Phi) is 3.40. The molecule has 0 saturated carbocycles. The van der Waals surface area contributed by atoms with Crippen LogP contribution in [0.5, 0.6) is 0 Å². The number of benzene rings is 2. The third-order valence-electron chi connectivity index (χ3n) is 3.03. The first-order valence-corrected chi connectivity index (χ1v) is 6.88. The standard InChI is InChI=1S/C16H10BrFO2/c17-12-3-1-10(2-4-12)7-14(19)16-9-11-8-13(18)5-6-15(11)20-16/h1-6,8-9H,7H2. The van der Waals surface area contributed by atoms with Gasteiger partial charge >= 0.3 is 0 Å². The summed E-state index contributed by atoms with van der Waals surface area (Å²) in [6, 6.07) is 13.3. The fourth-order valence-electron chi connectivity index (χ4n) is 2.03. The van der Waals surface area contributed by atoms with E-state index in [1.54, 1.807) is 6.07 Å². The van der Waals surface area contributed by atoms with Gasteiger partial charge in [0.1, 0.15) is 11.4 Å². The number of rotatable bonds is 3. The van der Waals surface area contributed by atoms with Crippen molar-refractivity contribution in [3.8, 4) is 0 Å². The summed E-state index contributed by atoms with van der Waals surface area (Å²) >= 11 is 3.35. The number of fused-ring (bicyclic) bond motifs is 1. The zero-order chi connectivity index (χ0) is 14.1. The molecule has 20 heavy (non-hydrogen) atoms. The zero-order valence-corrected chi connectivity index (χ0v) is 12.0. The van der Waals surface area contributed by atoms with Crippen molar-refractivity contribution >= 4 is 32.7 Å². The predicted octanol–water partition coefficient (Wildman–Crippen LogP) is 4.76. The first kappa shape index (κ1) is 13.1. The van der Waals surface area contributed by atoms with Gasteiger partial charge in [0, 0.05) is 16.3 Å². The van der Waals surface area contributed by atoms with Crippen LogP contribution in [0, 0.1) is 5.82 Å². The molecule has 0 spiro atoms. The van der Waals surface area contributed by atoms with Gasteiger partial charge < -0.3 is 4.42 Å². The Morgan fingerprint density at radius 1 is 1.10 bits per heavy atom. The first-order chi connectivity index (χ1) is 9.61. The summed E-state index contributed by atoms with van der Waals surface area (Å²) in [7, 11) is 0. The van der Waals surface area contributed by atoms with Crippen LogP contribution in [0.25, 0.3) is 11.0 Å². The van der Waals surface area contributed by atoms with E-state index in [9.17, 15) is 9.18 Å². The molecule has 0 aliphatic heterocycles. The fourth-order valence-corrected chi connectivity index (χ4v) is 2.29. The van der Waals surface area contributed by atoms with Gasteiger partial charge in [0.15, 0.2) is 5.76 Å². The van der Waals surface area contributed by atoms with Gasteiger partial charge in [0.05, 0.1) is 0 Å². The monoisotopic (exact) mass is 332 g/mol. The Labute approximate surface area is 123 Å². The van der Waals surface area contributed by atoms with Crippen molar-refractivity contribution in [3.05, 3.63) is 70.1 Å². The highest BCUT2D eigenvalue weighted by atomic mass is 79.9. The fraction of sp³-hybridized carbons (Fsp3) is 0.0625. The Morgan fingerprint density at radius 3 is 2.60 bits per heavy atom. The van der Waals surface area contributed by atoms with Crippen molar-refractivity contribution in [2.75, 3.05) is 0 Å². The van der Waals surface area contributed by atoms with E-state index in [4.69, 9.17) is 4.42 Å². The smallest absolute Gasteiger partial charge is 0.202 e. The number of ketones is 1. The number of hydrogen-bond donors (Lipinski definition) is 0. The van der Waals surface area contributed by atoms with Crippen LogP contribution in [0.4, 0.5) is 4.39 Å². The summed E-state index contributed by atoms with van der Waals surface area (Å²) in [5.74, 6) is -0.206. The SMILES string of the molecule is O=C(Cc1ccc(Br)cc1)c1cc2cc(F)ccc2o1. The normalized spacial score (nSPS) is 10.9. The largest absolute Gasteiger partial charge is 0.453 e. The van der Waals surface area contributed by atoms with E-state index in [-0.39, 0.29) is 23.8 Å². The van der Waals surface area contributed by atoms with Crippen LogP contribution in [-0.2, 0) is 6.42 Å². The highest BCUT2D eigenvalue weighted by molar-refractivity contribution is 9.10. The average Bonchev–Trinajstić information content (AvgIpc) is 2.84. The third kappa shape index (κ3) is 2.65. The van der Waals surface area contributed by atoms with Crippen LogP contribution in [0.15, 0.2) is 57.4 Å². The van der Waals surface area contributed by atoms with Crippen LogP contribution >= 0.6 is 15.9 Å². The van der Waals surface area contributed by atoms with Gasteiger partial charge in [-0.15, -0.1) is 0 Å². The number of hydrogen-bond acceptors (Lipinski definition) is 2. The van der Waals surface area contributed by atoms with Gasteiger partial charge in [0.2, 0.25) is 5.78 Å². The van der Waals surface area contributed by atoms with E-state index in [0.717, 1.165) is 10.0 Å². The van der Waals surface area contributed by atoms with Crippen molar-refractivity contribution in [1.29, 1.82) is 0 Å². The van der Waals surface area contributed by atoms with Crippen molar-refractivity contribution in [3.63, 3.8) is 0 Å². The molecule has 0 amide bonds. The van der Waals surface area contributed by atoms with E-state index in [1.807, 2.05) is 24.3 Å². The summed E-state index contributed by atoms with van der Waals surface area (Å²) < 4.78 is 19.5. The predicted molar refractivity (Wildman–Crippen MR) is 78.3 cm³/mol. The van der Waals surface area contributed by atoms with Crippen molar-refractivity contribution in [1.82, 2.24) is 0 Å². The molecule has 0 N–H and O–H groups in total. The Balaban J connectivity index is 1.86. The molecule has 0 aliphatic carbocycles. The van der Waals surface area contributed by atoms with E-state index >= 15 is 0 Å². The second kappa shape index (κ2) is 5.21. The maximum absolute atomic E-state index is 13.1. The number of carbonyl (C=O) groups excluding carboxylic acids is 1. The molecule has 0 unspecified atom stereocenters. The van der Waals surface area contributed by atoms with Crippen LogP contribution < -0.4 is 0 Å². The van der Waals surface area contributed by atoms with Crippen LogP contribution in [0.3, 0.4) is 0 Å². The molecule has 0 aliphatic rings. The van der Waals surface area contributed by atoms with Crippen LogP contribution in [-0.4, -0.2) is 5.78 Å². The summed E-state index contributed by atoms with van der Waals surface area (Å²) in [4.78, 5) is 12.2. The van der Waals surface area contributed by atoms with Crippen molar-refractivity contribution in [2.24, 2.45) is 0 Å². The average molecular weight is 333 g/mol. The molecular weight excluding hydrogens is 323 g/mol. The number of Topliss-reactive ketones (excluding diaryl/α,β-unsaturated/α-hetero) is 1. The summed E-state index contributed by atoms with van der Waals surface area (Å²) in [6.07, 6.45) is 0.260. The van der Waals surface area contributed by atoms with Crippen LogP contribution in [0.2, 0.25) is 0 Å². The molecule has 2 aromatic carbocycles. The van der Waals surface area contributed by atoms with Crippen LogP contribution in [0.1, 0.15) is 16.1 Å². The molecule has 0 saturated heterocycles. The van der Waals surface area contributed by atoms with E-state index in [1.165, 1.54) is 18.2 Å². The topological polar surface area (TPSA) is 30.2 Å². The molecule has 3 aromatic rings. The van der Waals surface area contributed by atoms with Crippen molar-refractivity contribution < 1.29 is 13.6 Å². The van der Waals surface area contributed by atoms with E-state index < -0.39 is 0 Å². The van der Waals surface area contributed by atoms with E-state index in [2.05, 4.69) is 15.9 Å². The maximum Gasteiger partial charge on any atom is 0.202 e. The van der Waals surface area contributed by atoms with Gasteiger partial charge in [-0.2, -0.15) is 0 Å². The molecule has 4 heteroatoms. The molecule has 0 fully saturated rings. The molecule has 1 aromatic heterocycles. The lowest BCUT2D eigenvalue weighted by Crippen LogP contribution is -2.01. The first-order valence-electron chi connectivity index (χ1n) is 6.08. The lowest BCUT2D eigenvalue weighted by Gasteiger charge is -1.98. The second-order valence-corrected chi connectivity index (χ2v) is 5.43. The molecular formula is C16H10BrFO2. The Bertz CT molecular complexity index is 775. The molecule has 100 valence electrons. The second-order valence-electron chi connectivity index (χ2n) is 4.52. The molecule has 0 radical (unpaired) electrons. The number of halogens is 2. The van der Waals surface area contributed by atoms with Gasteiger partial charge in [-0.05, 0) is 42.0 Å². The maximum atomic E-state index is 13.1. The summed E-state index contributed by atoms with van der Waals surface area (Å²) in [5, 5.41) is 0.601. The minimum Gasteiger partial charge on any atom is -0.453 e. The lowest BCUT2D eigenvalue weighted by atomic mass is 10.1. The quantitative estimate of drug-likeness (QED) is 0.647. The van der Waals surface area contributed by atoms with Gasteiger partial charge in [-0.25, -0.2) is 4.39 Å². The minimum atomic E-state index is -0.342. The number of carbonyl (C=O) groups is 1. The highest BCUT2D eigenvalue weighted by Crippen LogP contribution is 2.22.